The summed E-state index contributed by atoms with van der Waals surface area (Å²) in [7, 11) is 0. The Morgan fingerprint density at radius 2 is 2.29 bits per heavy atom. The Hall–Kier alpha value is -1.20. The minimum absolute atomic E-state index is 0.120. The van der Waals surface area contributed by atoms with Gasteiger partial charge in [0.1, 0.15) is 4.47 Å². The molecule has 2 heterocycles. The van der Waals surface area contributed by atoms with Crippen LogP contribution in [0, 0.1) is 6.92 Å². The highest BCUT2D eigenvalue weighted by Gasteiger charge is 2.07. The Kier molecular flexibility index (Phi) is 3.59. The summed E-state index contributed by atoms with van der Waals surface area (Å²) < 4.78 is 1.98. The van der Waals surface area contributed by atoms with E-state index in [-0.39, 0.29) is 5.56 Å². The summed E-state index contributed by atoms with van der Waals surface area (Å²) in [5.41, 5.74) is 1.39. The molecule has 2 aromatic heterocycles. The number of pyridine rings is 1. The molecule has 0 aliphatic rings. The molecule has 0 spiro atoms. The third-order valence-electron chi connectivity index (χ3n) is 2.35. The van der Waals surface area contributed by atoms with Crippen LogP contribution < -0.4 is 5.56 Å². The van der Waals surface area contributed by atoms with Crippen LogP contribution >= 0.6 is 27.5 Å². The van der Waals surface area contributed by atoms with Gasteiger partial charge in [0.15, 0.2) is 0 Å². The lowest BCUT2D eigenvalue weighted by Crippen LogP contribution is -2.22. The first-order valence-corrected chi connectivity index (χ1v) is 6.06. The van der Waals surface area contributed by atoms with Gasteiger partial charge in [-0.15, -0.1) is 0 Å². The quantitative estimate of drug-likeness (QED) is 0.855. The first-order chi connectivity index (χ1) is 8.09. The number of nitrogens with zero attached hydrogens (tertiary/aromatic N) is 3. The molecule has 0 bridgehead atoms. The number of hydrogen-bond donors (Lipinski definition) is 0. The van der Waals surface area contributed by atoms with Gasteiger partial charge >= 0.3 is 0 Å². The topological polar surface area (TPSA) is 47.8 Å². The first kappa shape index (κ1) is 12.3. The van der Waals surface area contributed by atoms with Crippen LogP contribution in [0.1, 0.15) is 11.3 Å². The van der Waals surface area contributed by atoms with E-state index in [2.05, 4.69) is 25.9 Å². The monoisotopic (exact) mass is 313 g/mol. The second-order valence-corrected chi connectivity index (χ2v) is 4.74. The molecule has 0 unspecified atom stereocenters. The number of aryl methyl sites for hydroxylation is 1. The summed E-state index contributed by atoms with van der Waals surface area (Å²) in [6.07, 6.45) is 4.71. The van der Waals surface area contributed by atoms with E-state index in [9.17, 15) is 4.79 Å². The zero-order valence-electron chi connectivity index (χ0n) is 9.02. The van der Waals surface area contributed by atoms with Gasteiger partial charge in [-0.25, -0.2) is 4.98 Å². The fraction of sp³-hybridized carbons (Fsp3) is 0.182. The molecule has 0 aromatic carbocycles. The Labute approximate surface area is 111 Å². The molecule has 0 amide bonds. The molecule has 2 aromatic rings. The average Bonchev–Trinajstić information content (AvgIpc) is 2.32. The third-order valence-corrected chi connectivity index (χ3v) is 3.61. The van der Waals surface area contributed by atoms with Crippen LogP contribution in [0.5, 0.6) is 0 Å². The van der Waals surface area contributed by atoms with E-state index in [1.807, 2.05) is 0 Å². The molecular weight excluding hydrogens is 305 g/mol. The number of aromatic nitrogens is 3. The maximum Gasteiger partial charge on any atom is 0.268 e. The Bertz CT molecular complexity index is 612. The fourth-order valence-electron chi connectivity index (χ4n) is 1.37. The van der Waals surface area contributed by atoms with Gasteiger partial charge < -0.3 is 0 Å². The van der Waals surface area contributed by atoms with Gasteiger partial charge in [0.2, 0.25) is 0 Å². The van der Waals surface area contributed by atoms with Crippen molar-refractivity contribution in [3.05, 3.63) is 55.9 Å². The van der Waals surface area contributed by atoms with E-state index in [1.54, 1.807) is 25.4 Å². The molecule has 0 saturated carbocycles. The van der Waals surface area contributed by atoms with E-state index in [0.29, 0.717) is 21.7 Å². The highest BCUT2D eigenvalue weighted by atomic mass is 79.9. The third kappa shape index (κ3) is 2.56. The predicted octanol–water partition coefficient (Wildman–Crippen LogP) is 2.41. The highest BCUT2D eigenvalue weighted by Crippen LogP contribution is 2.14. The lowest BCUT2D eigenvalue weighted by atomic mass is 10.2. The molecule has 0 saturated heterocycles. The van der Waals surface area contributed by atoms with E-state index in [0.717, 1.165) is 5.56 Å². The van der Waals surface area contributed by atoms with Crippen LogP contribution in [0.4, 0.5) is 0 Å². The Morgan fingerprint density at radius 1 is 1.53 bits per heavy atom. The lowest BCUT2D eigenvalue weighted by molar-refractivity contribution is 0.723. The summed E-state index contributed by atoms with van der Waals surface area (Å²) in [5, 5.41) is 0.538. The minimum atomic E-state index is -0.120. The van der Waals surface area contributed by atoms with Gasteiger partial charge in [-0.05, 0) is 34.5 Å². The zero-order valence-corrected chi connectivity index (χ0v) is 11.4. The van der Waals surface area contributed by atoms with Gasteiger partial charge in [-0.1, -0.05) is 11.6 Å². The fourth-order valence-corrected chi connectivity index (χ4v) is 1.88. The standard InChI is InChI=1S/C11H9BrClN3O/c1-7-10(12)11(17)16(6-15-7)5-8-2-3-14-4-9(8)13/h2-4,6H,5H2,1H3. The molecule has 88 valence electrons. The average molecular weight is 315 g/mol. The molecule has 4 nitrogen and oxygen atoms in total. The van der Waals surface area contributed by atoms with Crippen molar-refractivity contribution in [1.29, 1.82) is 0 Å². The maximum atomic E-state index is 11.9. The molecule has 0 atom stereocenters. The van der Waals surface area contributed by atoms with E-state index in [4.69, 9.17) is 11.6 Å². The molecular formula is C11H9BrClN3O. The molecule has 0 radical (unpaired) electrons. The van der Waals surface area contributed by atoms with E-state index < -0.39 is 0 Å². The van der Waals surface area contributed by atoms with Gasteiger partial charge in [0, 0.05) is 12.4 Å². The van der Waals surface area contributed by atoms with Crippen LogP contribution in [-0.2, 0) is 6.54 Å². The first-order valence-electron chi connectivity index (χ1n) is 4.89. The smallest absolute Gasteiger partial charge is 0.268 e. The van der Waals surface area contributed by atoms with Crippen molar-refractivity contribution in [2.45, 2.75) is 13.5 Å². The van der Waals surface area contributed by atoms with Crippen LogP contribution in [0.3, 0.4) is 0 Å². The zero-order chi connectivity index (χ0) is 12.4. The summed E-state index contributed by atoms with van der Waals surface area (Å²) >= 11 is 9.21. The molecule has 0 aliphatic carbocycles. The van der Waals surface area contributed by atoms with Crippen molar-refractivity contribution >= 4 is 27.5 Å². The van der Waals surface area contributed by atoms with Gasteiger partial charge in [-0.3, -0.25) is 14.3 Å². The predicted molar refractivity (Wildman–Crippen MR) is 69.3 cm³/mol. The normalized spacial score (nSPS) is 10.5. The van der Waals surface area contributed by atoms with Crippen LogP contribution in [0.25, 0.3) is 0 Å². The second-order valence-electron chi connectivity index (χ2n) is 3.54. The van der Waals surface area contributed by atoms with Crippen LogP contribution in [-0.4, -0.2) is 14.5 Å². The van der Waals surface area contributed by atoms with Crippen molar-refractivity contribution in [3.8, 4) is 0 Å². The summed E-state index contributed by atoms with van der Waals surface area (Å²) in [6, 6.07) is 1.78. The summed E-state index contributed by atoms with van der Waals surface area (Å²) in [5.74, 6) is 0. The molecule has 0 aliphatic heterocycles. The van der Waals surface area contributed by atoms with E-state index in [1.165, 1.54) is 10.9 Å². The Balaban J connectivity index is 2.41. The molecule has 6 heteroatoms. The Morgan fingerprint density at radius 3 is 3.00 bits per heavy atom. The number of halogens is 2. The van der Waals surface area contributed by atoms with Crippen molar-refractivity contribution in [2.75, 3.05) is 0 Å². The van der Waals surface area contributed by atoms with Gasteiger partial charge in [-0.2, -0.15) is 0 Å². The van der Waals surface area contributed by atoms with E-state index >= 15 is 0 Å². The highest BCUT2D eigenvalue weighted by molar-refractivity contribution is 9.10. The molecule has 0 fully saturated rings. The second kappa shape index (κ2) is 4.98. The number of rotatable bonds is 2. The van der Waals surface area contributed by atoms with Crippen molar-refractivity contribution in [3.63, 3.8) is 0 Å². The largest absolute Gasteiger partial charge is 0.294 e. The number of hydrogen-bond acceptors (Lipinski definition) is 3. The van der Waals surface area contributed by atoms with Gasteiger partial charge in [0.25, 0.3) is 5.56 Å². The van der Waals surface area contributed by atoms with Crippen molar-refractivity contribution in [2.24, 2.45) is 0 Å². The summed E-state index contributed by atoms with van der Waals surface area (Å²) in [4.78, 5) is 19.9. The van der Waals surface area contributed by atoms with Crippen LogP contribution in [0.15, 0.2) is 34.1 Å². The molecule has 17 heavy (non-hydrogen) atoms. The lowest BCUT2D eigenvalue weighted by Gasteiger charge is -2.07. The summed E-state index contributed by atoms with van der Waals surface area (Å²) in [6.45, 7) is 2.15. The van der Waals surface area contributed by atoms with Gasteiger partial charge in [0.05, 0.1) is 23.6 Å². The minimum Gasteiger partial charge on any atom is -0.294 e. The molecule has 0 N–H and O–H groups in total. The maximum absolute atomic E-state index is 11.9. The van der Waals surface area contributed by atoms with Crippen LogP contribution in [0.2, 0.25) is 5.02 Å². The SMILES string of the molecule is Cc1ncn(Cc2ccncc2Cl)c(=O)c1Br. The van der Waals surface area contributed by atoms with Crippen molar-refractivity contribution in [1.82, 2.24) is 14.5 Å². The molecule has 2 rings (SSSR count). The van der Waals surface area contributed by atoms with Crippen molar-refractivity contribution < 1.29 is 0 Å².